The average molecular weight is 426 g/mol. The Morgan fingerprint density at radius 1 is 1.10 bits per heavy atom. The van der Waals surface area contributed by atoms with Gasteiger partial charge in [0.1, 0.15) is 0 Å². The molecule has 31 heavy (non-hydrogen) atoms. The van der Waals surface area contributed by atoms with Crippen LogP contribution in [-0.4, -0.2) is 49.8 Å². The first-order valence-electron chi connectivity index (χ1n) is 10.3. The van der Waals surface area contributed by atoms with Crippen LogP contribution in [0.25, 0.3) is 0 Å². The monoisotopic (exact) mass is 426 g/mol. The van der Waals surface area contributed by atoms with Crippen molar-refractivity contribution in [2.45, 2.75) is 31.8 Å². The zero-order chi connectivity index (χ0) is 21.6. The second kappa shape index (κ2) is 9.59. The molecule has 0 spiro atoms. The quantitative estimate of drug-likeness (QED) is 0.628. The number of nitrogens with one attached hydrogen (secondary N) is 1. The van der Waals surface area contributed by atoms with Gasteiger partial charge in [-0.3, -0.25) is 9.59 Å². The van der Waals surface area contributed by atoms with Gasteiger partial charge in [-0.25, -0.2) is 0 Å². The first-order chi connectivity index (χ1) is 15.1. The molecule has 1 saturated carbocycles. The fourth-order valence-electron chi connectivity index (χ4n) is 3.42. The lowest BCUT2D eigenvalue weighted by atomic mass is 10.2. The number of hydrogen-bond acceptors (Lipinski definition) is 6. The first kappa shape index (κ1) is 20.8. The minimum Gasteiger partial charge on any atom is -0.493 e. The molecule has 0 atom stereocenters. The number of amides is 2. The first-order valence-corrected chi connectivity index (χ1v) is 10.3. The topological polar surface area (TPSA) is 86.3 Å². The van der Waals surface area contributed by atoms with Crippen molar-refractivity contribution < 1.29 is 28.5 Å². The molecule has 0 bridgehead atoms. The summed E-state index contributed by atoms with van der Waals surface area (Å²) >= 11 is 0. The lowest BCUT2D eigenvalue weighted by Gasteiger charge is -2.22. The van der Waals surface area contributed by atoms with Gasteiger partial charge in [0.05, 0.1) is 7.11 Å². The highest BCUT2D eigenvalue weighted by Gasteiger charge is 2.32. The molecule has 1 fully saturated rings. The van der Waals surface area contributed by atoms with Crippen molar-refractivity contribution in [1.29, 1.82) is 0 Å². The van der Waals surface area contributed by atoms with E-state index in [0.717, 1.165) is 18.4 Å². The van der Waals surface area contributed by atoms with E-state index < -0.39 is 0 Å². The van der Waals surface area contributed by atoms with Crippen molar-refractivity contribution in [3.05, 3.63) is 48.0 Å². The molecular formula is C23H26N2O6. The molecule has 164 valence electrons. The Morgan fingerprint density at radius 3 is 2.65 bits per heavy atom. The second-order valence-corrected chi connectivity index (χ2v) is 7.47. The molecular weight excluding hydrogens is 400 g/mol. The van der Waals surface area contributed by atoms with E-state index in [1.165, 1.54) is 0 Å². The van der Waals surface area contributed by atoms with Gasteiger partial charge in [0.25, 0.3) is 5.91 Å². The number of nitrogens with zero attached hydrogens (tertiary/aromatic N) is 1. The Kier molecular flexibility index (Phi) is 6.45. The van der Waals surface area contributed by atoms with Crippen LogP contribution in [0.2, 0.25) is 0 Å². The summed E-state index contributed by atoms with van der Waals surface area (Å²) in [4.78, 5) is 26.8. The Morgan fingerprint density at radius 2 is 1.87 bits per heavy atom. The van der Waals surface area contributed by atoms with Gasteiger partial charge in [0.2, 0.25) is 12.7 Å². The molecule has 4 rings (SSSR count). The van der Waals surface area contributed by atoms with Gasteiger partial charge in [-0.15, -0.1) is 0 Å². The third-order valence-electron chi connectivity index (χ3n) is 5.23. The third-order valence-corrected chi connectivity index (χ3v) is 5.23. The summed E-state index contributed by atoms with van der Waals surface area (Å²) in [5.74, 6) is 2.27. The molecule has 0 saturated heterocycles. The molecule has 1 aliphatic heterocycles. The molecule has 2 aromatic rings. The van der Waals surface area contributed by atoms with Gasteiger partial charge < -0.3 is 29.2 Å². The van der Waals surface area contributed by atoms with Gasteiger partial charge >= 0.3 is 0 Å². The van der Waals surface area contributed by atoms with Gasteiger partial charge in [-0.2, -0.15) is 0 Å². The number of fused-ring (bicyclic) bond motifs is 1. The van der Waals surface area contributed by atoms with Crippen LogP contribution in [0.1, 0.15) is 24.8 Å². The SMILES string of the molecule is COc1ccccc1OCC(=O)N(CCC(=O)NCc1ccc2c(c1)OCO2)C1CC1. The summed E-state index contributed by atoms with van der Waals surface area (Å²) in [5, 5.41) is 2.90. The van der Waals surface area contributed by atoms with Crippen LogP contribution in [0, 0.1) is 0 Å². The van der Waals surface area contributed by atoms with E-state index in [4.69, 9.17) is 18.9 Å². The minimum atomic E-state index is -0.128. The van der Waals surface area contributed by atoms with Gasteiger partial charge in [0.15, 0.2) is 29.6 Å². The standard InChI is InChI=1S/C23H26N2O6/c1-28-18-4-2-3-5-19(18)29-14-23(27)25(17-7-8-17)11-10-22(26)24-13-16-6-9-20-21(12-16)31-15-30-20/h2-6,9,12,17H,7-8,10-11,13-15H2,1H3,(H,24,26). The van der Waals surface area contributed by atoms with E-state index in [2.05, 4.69) is 5.32 Å². The van der Waals surface area contributed by atoms with Crippen LogP contribution < -0.4 is 24.3 Å². The minimum absolute atomic E-state index is 0.0876. The third kappa shape index (κ3) is 5.39. The van der Waals surface area contributed by atoms with E-state index in [-0.39, 0.29) is 37.7 Å². The van der Waals surface area contributed by atoms with E-state index in [0.29, 0.717) is 36.1 Å². The summed E-state index contributed by atoms with van der Waals surface area (Å²) in [5.41, 5.74) is 0.929. The fraction of sp³-hybridized carbons (Fsp3) is 0.391. The van der Waals surface area contributed by atoms with Crippen molar-refractivity contribution in [2.24, 2.45) is 0 Å². The van der Waals surface area contributed by atoms with Crippen molar-refractivity contribution in [3.8, 4) is 23.0 Å². The van der Waals surface area contributed by atoms with Crippen LogP contribution >= 0.6 is 0 Å². The molecule has 1 aliphatic carbocycles. The Balaban J connectivity index is 1.24. The highest BCUT2D eigenvalue weighted by atomic mass is 16.7. The summed E-state index contributed by atoms with van der Waals surface area (Å²) in [6.45, 7) is 0.891. The van der Waals surface area contributed by atoms with Gasteiger partial charge in [-0.1, -0.05) is 18.2 Å². The van der Waals surface area contributed by atoms with Crippen molar-refractivity contribution >= 4 is 11.8 Å². The molecule has 0 radical (unpaired) electrons. The van der Waals surface area contributed by atoms with E-state index >= 15 is 0 Å². The maximum absolute atomic E-state index is 12.7. The Bertz CT molecular complexity index is 943. The Labute approximate surface area is 181 Å². The molecule has 2 aromatic carbocycles. The van der Waals surface area contributed by atoms with E-state index in [9.17, 15) is 9.59 Å². The van der Waals surface area contributed by atoms with Gasteiger partial charge in [-0.05, 0) is 42.7 Å². The fourth-order valence-corrected chi connectivity index (χ4v) is 3.42. The van der Waals surface area contributed by atoms with Crippen LogP contribution in [0.3, 0.4) is 0 Å². The summed E-state index contributed by atoms with van der Waals surface area (Å²) in [6, 6.07) is 13.0. The molecule has 1 N–H and O–H groups in total. The van der Waals surface area contributed by atoms with Crippen molar-refractivity contribution in [3.63, 3.8) is 0 Å². The number of carbonyl (C=O) groups is 2. The van der Waals surface area contributed by atoms with Crippen LogP contribution in [0.4, 0.5) is 0 Å². The largest absolute Gasteiger partial charge is 0.493 e. The lowest BCUT2D eigenvalue weighted by molar-refractivity contribution is -0.134. The van der Waals surface area contributed by atoms with Crippen molar-refractivity contribution in [2.75, 3.05) is 27.1 Å². The zero-order valence-electron chi connectivity index (χ0n) is 17.5. The molecule has 1 heterocycles. The molecule has 8 nitrogen and oxygen atoms in total. The number of para-hydroxylation sites is 2. The smallest absolute Gasteiger partial charge is 0.260 e. The normalized spacial score (nSPS) is 14.1. The molecule has 8 heteroatoms. The van der Waals surface area contributed by atoms with Crippen LogP contribution in [0.15, 0.2) is 42.5 Å². The molecule has 0 unspecified atom stereocenters. The number of carbonyl (C=O) groups excluding carboxylic acids is 2. The second-order valence-electron chi connectivity index (χ2n) is 7.47. The Hall–Kier alpha value is -3.42. The van der Waals surface area contributed by atoms with Crippen LogP contribution in [-0.2, 0) is 16.1 Å². The predicted octanol–water partition coefficient (Wildman–Crippen LogP) is 2.50. The highest BCUT2D eigenvalue weighted by Crippen LogP contribution is 2.32. The number of benzene rings is 2. The molecule has 2 amide bonds. The highest BCUT2D eigenvalue weighted by molar-refractivity contribution is 5.80. The number of rotatable bonds is 10. The lowest BCUT2D eigenvalue weighted by Crippen LogP contribution is -2.39. The predicted molar refractivity (Wildman–Crippen MR) is 112 cm³/mol. The maximum atomic E-state index is 12.7. The number of ether oxygens (including phenoxy) is 4. The molecule has 0 aromatic heterocycles. The summed E-state index contributed by atoms with van der Waals surface area (Å²) in [7, 11) is 1.56. The number of hydrogen-bond donors (Lipinski definition) is 1. The van der Waals surface area contributed by atoms with E-state index in [1.807, 2.05) is 30.3 Å². The zero-order valence-corrected chi connectivity index (χ0v) is 17.5. The summed E-state index contributed by atoms with van der Waals surface area (Å²) < 4.78 is 21.6. The molecule has 2 aliphatic rings. The van der Waals surface area contributed by atoms with Crippen molar-refractivity contribution in [1.82, 2.24) is 10.2 Å². The van der Waals surface area contributed by atoms with Gasteiger partial charge in [0, 0.05) is 25.6 Å². The maximum Gasteiger partial charge on any atom is 0.260 e. The average Bonchev–Trinajstić information content (AvgIpc) is 3.52. The number of methoxy groups -OCH3 is 1. The van der Waals surface area contributed by atoms with E-state index in [1.54, 1.807) is 24.1 Å². The van der Waals surface area contributed by atoms with Crippen LogP contribution in [0.5, 0.6) is 23.0 Å². The summed E-state index contributed by atoms with van der Waals surface area (Å²) in [6.07, 6.45) is 2.15.